The quantitative estimate of drug-likeness (QED) is 0.859. The van der Waals surface area contributed by atoms with Crippen LogP contribution in [-0.2, 0) is 4.79 Å². The number of hydrogen-bond donors (Lipinski definition) is 1. The predicted molar refractivity (Wildman–Crippen MR) is 60.5 cm³/mol. The number of rotatable bonds is 3. The third kappa shape index (κ3) is 3.13. The molecule has 4 heteroatoms. The smallest absolute Gasteiger partial charge is 0.257 e. The highest BCUT2D eigenvalue weighted by atomic mass is 35.5. The molecule has 1 N–H and O–H groups in total. The van der Waals surface area contributed by atoms with E-state index >= 15 is 0 Å². The number of nitrogens with one attached hydrogen (secondary N) is 1. The van der Waals surface area contributed by atoms with E-state index in [4.69, 9.17) is 16.3 Å². The van der Waals surface area contributed by atoms with Crippen LogP contribution in [0.15, 0.2) is 12.1 Å². The molecule has 0 saturated heterocycles. The zero-order valence-electron chi connectivity index (χ0n) is 9.06. The van der Waals surface area contributed by atoms with E-state index in [1.807, 2.05) is 26.0 Å². The molecule has 0 heterocycles. The van der Waals surface area contributed by atoms with Crippen LogP contribution in [0, 0.1) is 13.8 Å². The highest BCUT2D eigenvalue weighted by Crippen LogP contribution is 2.25. The molecule has 1 amide bonds. The molecular weight excluding hydrogens is 214 g/mol. The molecule has 0 spiro atoms. The Labute approximate surface area is 94.4 Å². The molecule has 0 bridgehead atoms. The van der Waals surface area contributed by atoms with Gasteiger partial charge in [0.15, 0.2) is 6.61 Å². The minimum absolute atomic E-state index is 0.0248. The van der Waals surface area contributed by atoms with Crippen molar-refractivity contribution in [3.63, 3.8) is 0 Å². The summed E-state index contributed by atoms with van der Waals surface area (Å²) in [7, 11) is 1.57. The fourth-order valence-corrected chi connectivity index (χ4v) is 1.32. The Hall–Kier alpha value is -1.22. The first-order valence-corrected chi connectivity index (χ1v) is 5.02. The summed E-state index contributed by atoms with van der Waals surface area (Å²) in [6, 6.07) is 3.64. The summed E-state index contributed by atoms with van der Waals surface area (Å²) in [5.41, 5.74) is 1.90. The van der Waals surface area contributed by atoms with Crippen molar-refractivity contribution in [2.24, 2.45) is 0 Å². The van der Waals surface area contributed by atoms with E-state index in [1.165, 1.54) is 0 Å². The molecule has 0 radical (unpaired) electrons. The lowest BCUT2D eigenvalue weighted by molar-refractivity contribution is -0.122. The van der Waals surface area contributed by atoms with E-state index in [1.54, 1.807) is 7.05 Å². The van der Waals surface area contributed by atoms with Crippen LogP contribution in [0.2, 0.25) is 5.02 Å². The van der Waals surface area contributed by atoms with Crippen LogP contribution in [0.4, 0.5) is 0 Å². The molecule has 15 heavy (non-hydrogen) atoms. The number of benzene rings is 1. The van der Waals surface area contributed by atoms with Crippen molar-refractivity contribution in [2.75, 3.05) is 13.7 Å². The minimum atomic E-state index is -0.153. The zero-order valence-corrected chi connectivity index (χ0v) is 9.81. The van der Waals surface area contributed by atoms with E-state index in [0.29, 0.717) is 5.75 Å². The first-order chi connectivity index (χ1) is 7.04. The van der Waals surface area contributed by atoms with E-state index < -0.39 is 0 Å². The molecule has 0 aromatic heterocycles. The van der Waals surface area contributed by atoms with Gasteiger partial charge in [0.25, 0.3) is 5.91 Å². The first kappa shape index (κ1) is 11.9. The molecule has 82 valence electrons. The number of hydrogen-bond acceptors (Lipinski definition) is 2. The molecule has 0 unspecified atom stereocenters. The summed E-state index contributed by atoms with van der Waals surface area (Å²) in [5, 5.41) is 3.22. The molecule has 0 aliphatic carbocycles. The van der Waals surface area contributed by atoms with Gasteiger partial charge in [0.1, 0.15) is 5.75 Å². The number of halogens is 1. The van der Waals surface area contributed by atoms with Gasteiger partial charge in [-0.2, -0.15) is 0 Å². The van der Waals surface area contributed by atoms with Crippen LogP contribution in [-0.4, -0.2) is 19.6 Å². The number of amides is 1. The highest BCUT2D eigenvalue weighted by Gasteiger charge is 2.05. The Bertz CT molecular complexity index is 354. The molecule has 1 aromatic carbocycles. The van der Waals surface area contributed by atoms with Gasteiger partial charge >= 0.3 is 0 Å². The lowest BCUT2D eigenvalue weighted by atomic mass is 10.1. The van der Waals surface area contributed by atoms with E-state index in [9.17, 15) is 4.79 Å². The van der Waals surface area contributed by atoms with Crippen LogP contribution >= 0.6 is 11.6 Å². The molecule has 0 aliphatic heterocycles. The number of likely N-dealkylation sites (N-methyl/N-ethyl adjacent to an activating group) is 1. The Kier molecular flexibility index (Phi) is 3.97. The van der Waals surface area contributed by atoms with Gasteiger partial charge in [-0.05, 0) is 37.1 Å². The molecule has 1 rings (SSSR count). The minimum Gasteiger partial charge on any atom is -0.484 e. The molecular formula is C11H14ClNO2. The Morgan fingerprint density at radius 1 is 1.40 bits per heavy atom. The molecule has 0 aliphatic rings. The van der Waals surface area contributed by atoms with Gasteiger partial charge in [-0.25, -0.2) is 0 Å². The number of aryl methyl sites for hydroxylation is 2. The third-order valence-electron chi connectivity index (χ3n) is 2.06. The van der Waals surface area contributed by atoms with E-state index in [2.05, 4.69) is 5.32 Å². The van der Waals surface area contributed by atoms with Crippen LogP contribution in [0.5, 0.6) is 5.75 Å². The van der Waals surface area contributed by atoms with Crippen molar-refractivity contribution in [1.29, 1.82) is 0 Å². The van der Waals surface area contributed by atoms with Gasteiger partial charge in [0.05, 0.1) is 0 Å². The summed E-state index contributed by atoms with van der Waals surface area (Å²) >= 11 is 6.00. The molecule has 1 aromatic rings. The maximum Gasteiger partial charge on any atom is 0.257 e. The van der Waals surface area contributed by atoms with Crippen LogP contribution in [0.3, 0.4) is 0 Å². The second kappa shape index (κ2) is 5.03. The second-order valence-electron chi connectivity index (χ2n) is 3.33. The van der Waals surface area contributed by atoms with Gasteiger partial charge in [0, 0.05) is 12.1 Å². The van der Waals surface area contributed by atoms with Crippen molar-refractivity contribution in [3.05, 3.63) is 28.3 Å². The van der Waals surface area contributed by atoms with Gasteiger partial charge < -0.3 is 10.1 Å². The van der Waals surface area contributed by atoms with Crippen molar-refractivity contribution >= 4 is 17.5 Å². The van der Waals surface area contributed by atoms with Crippen LogP contribution in [0.25, 0.3) is 0 Å². The summed E-state index contributed by atoms with van der Waals surface area (Å²) in [4.78, 5) is 11.0. The topological polar surface area (TPSA) is 38.3 Å². The monoisotopic (exact) mass is 227 g/mol. The average molecular weight is 228 g/mol. The maximum atomic E-state index is 11.0. The maximum absolute atomic E-state index is 11.0. The Morgan fingerprint density at radius 2 is 1.93 bits per heavy atom. The fourth-order valence-electron chi connectivity index (χ4n) is 1.21. The second-order valence-corrected chi connectivity index (χ2v) is 3.71. The first-order valence-electron chi connectivity index (χ1n) is 4.64. The summed E-state index contributed by atoms with van der Waals surface area (Å²) in [5.74, 6) is 0.512. The van der Waals surface area contributed by atoms with Crippen LogP contribution < -0.4 is 10.1 Å². The molecule has 0 saturated carbocycles. The van der Waals surface area contributed by atoms with Gasteiger partial charge in [0.2, 0.25) is 0 Å². The van der Waals surface area contributed by atoms with Gasteiger partial charge in [-0.1, -0.05) is 11.6 Å². The predicted octanol–water partition coefficient (Wildman–Crippen LogP) is 2.08. The normalized spacial score (nSPS) is 9.87. The summed E-state index contributed by atoms with van der Waals surface area (Å²) in [6.07, 6.45) is 0. The van der Waals surface area contributed by atoms with Crippen molar-refractivity contribution in [2.45, 2.75) is 13.8 Å². The number of ether oxygens (including phenoxy) is 1. The Morgan fingerprint density at radius 3 is 2.40 bits per heavy atom. The fraction of sp³-hybridized carbons (Fsp3) is 0.364. The van der Waals surface area contributed by atoms with E-state index in [0.717, 1.165) is 16.1 Å². The standard InChI is InChI=1S/C11H14ClNO2/c1-7-4-9(5-8(2)11(7)12)15-6-10(14)13-3/h4-5H,6H2,1-3H3,(H,13,14). The molecule has 0 fully saturated rings. The van der Waals surface area contributed by atoms with Gasteiger partial charge in [-0.15, -0.1) is 0 Å². The zero-order chi connectivity index (χ0) is 11.4. The lowest BCUT2D eigenvalue weighted by Gasteiger charge is -2.09. The third-order valence-corrected chi connectivity index (χ3v) is 2.65. The number of carbonyl (C=O) groups is 1. The van der Waals surface area contributed by atoms with Gasteiger partial charge in [-0.3, -0.25) is 4.79 Å². The molecule has 3 nitrogen and oxygen atoms in total. The highest BCUT2D eigenvalue weighted by molar-refractivity contribution is 6.32. The van der Waals surface area contributed by atoms with Crippen LogP contribution in [0.1, 0.15) is 11.1 Å². The number of carbonyl (C=O) groups excluding carboxylic acids is 1. The molecule has 0 atom stereocenters. The SMILES string of the molecule is CNC(=O)COc1cc(C)c(Cl)c(C)c1. The lowest BCUT2D eigenvalue weighted by Crippen LogP contribution is -2.24. The largest absolute Gasteiger partial charge is 0.484 e. The summed E-state index contributed by atoms with van der Waals surface area (Å²) < 4.78 is 5.30. The van der Waals surface area contributed by atoms with Crippen molar-refractivity contribution in [3.8, 4) is 5.75 Å². The Balaban J connectivity index is 2.75. The van der Waals surface area contributed by atoms with E-state index in [-0.39, 0.29) is 12.5 Å². The van der Waals surface area contributed by atoms with Crippen molar-refractivity contribution < 1.29 is 9.53 Å². The average Bonchev–Trinajstić information content (AvgIpc) is 2.22. The summed E-state index contributed by atoms with van der Waals surface area (Å²) in [6.45, 7) is 3.83. The van der Waals surface area contributed by atoms with Crippen molar-refractivity contribution in [1.82, 2.24) is 5.32 Å².